The summed E-state index contributed by atoms with van der Waals surface area (Å²) < 4.78 is 28.8. The van der Waals surface area contributed by atoms with Crippen LogP contribution in [0.4, 0.5) is 0 Å². The van der Waals surface area contributed by atoms with Crippen LogP contribution in [0.15, 0.2) is 38.0 Å². The summed E-state index contributed by atoms with van der Waals surface area (Å²) in [4.78, 5) is 0.197. The standard InChI is InChI=1S/C9H10BrNO2S3/c1-14-9(15-2)11-16(12,13)8-5-3-4-7(10)6-8/h3-6H,1-2H3. The Morgan fingerprint density at radius 2 is 1.94 bits per heavy atom. The van der Waals surface area contributed by atoms with E-state index >= 15 is 0 Å². The molecule has 0 aliphatic carbocycles. The van der Waals surface area contributed by atoms with E-state index in [1.165, 1.54) is 35.7 Å². The summed E-state index contributed by atoms with van der Waals surface area (Å²) in [6.07, 6.45) is 3.59. The van der Waals surface area contributed by atoms with Crippen LogP contribution in [0, 0.1) is 0 Å². The lowest BCUT2D eigenvalue weighted by molar-refractivity contribution is 0.598. The fourth-order valence-corrected chi connectivity index (χ4v) is 4.17. The Morgan fingerprint density at radius 3 is 2.44 bits per heavy atom. The summed E-state index contributed by atoms with van der Waals surface area (Å²) in [5.41, 5.74) is 0. The molecule has 16 heavy (non-hydrogen) atoms. The van der Waals surface area contributed by atoms with Crippen LogP contribution in [-0.2, 0) is 10.0 Å². The van der Waals surface area contributed by atoms with E-state index in [0.717, 1.165) is 4.47 Å². The minimum Gasteiger partial charge on any atom is -0.199 e. The summed E-state index contributed by atoms with van der Waals surface area (Å²) in [7, 11) is -3.59. The Bertz CT molecular complexity index is 493. The molecule has 88 valence electrons. The molecule has 0 aromatic heterocycles. The summed E-state index contributed by atoms with van der Waals surface area (Å²) >= 11 is 5.87. The fraction of sp³-hybridized carbons (Fsp3) is 0.222. The van der Waals surface area contributed by atoms with Crippen molar-refractivity contribution in [2.24, 2.45) is 4.40 Å². The highest BCUT2D eigenvalue weighted by molar-refractivity contribution is 9.10. The average Bonchev–Trinajstić information content (AvgIpc) is 2.26. The van der Waals surface area contributed by atoms with Crippen molar-refractivity contribution in [2.45, 2.75) is 4.90 Å². The summed E-state index contributed by atoms with van der Waals surface area (Å²) in [6.45, 7) is 0. The van der Waals surface area contributed by atoms with Crippen molar-refractivity contribution in [3.8, 4) is 0 Å². The molecule has 0 bridgehead atoms. The second-order valence-electron chi connectivity index (χ2n) is 2.70. The lowest BCUT2D eigenvalue weighted by Gasteiger charge is -2.01. The van der Waals surface area contributed by atoms with Gasteiger partial charge in [0.25, 0.3) is 10.0 Å². The van der Waals surface area contributed by atoms with E-state index in [4.69, 9.17) is 0 Å². The molecular formula is C9H10BrNO2S3. The van der Waals surface area contributed by atoms with Crippen LogP contribution < -0.4 is 0 Å². The maximum absolute atomic E-state index is 11.9. The third kappa shape index (κ3) is 3.80. The average molecular weight is 340 g/mol. The van der Waals surface area contributed by atoms with Crippen molar-refractivity contribution in [3.63, 3.8) is 0 Å². The monoisotopic (exact) mass is 339 g/mol. The Morgan fingerprint density at radius 1 is 1.31 bits per heavy atom. The van der Waals surface area contributed by atoms with Gasteiger partial charge in [0.1, 0.15) is 4.38 Å². The minimum atomic E-state index is -3.59. The quantitative estimate of drug-likeness (QED) is 0.613. The van der Waals surface area contributed by atoms with Crippen molar-refractivity contribution >= 4 is 53.9 Å². The molecular weight excluding hydrogens is 330 g/mol. The maximum Gasteiger partial charge on any atom is 0.283 e. The lowest BCUT2D eigenvalue weighted by atomic mass is 10.4. The van der Waals surface area contributed by atoms with Crippen LogP contribution in [0.3, 0.4) is 0 Å². The van der Waals surface area contributed by atoms with Crippen LogP contribution in [0.2, 0.25) is 0 Å². The zero-order chi connectivity index (χ0) is 12.2. The van der Waals surface area contributed by atoms with Crippen molar-refractivity contribution in [1.82, 2.24) is 0 Å². The Kier molecular flexibility index (Phi) is 5.36. The van der Waals surface area contributed by atoms with Gasteiger partial charge in [-0.15, -0.1) is 27.9 Å². The second kappa shape index (κ2) is 6.09. The van der Waals surface area contributed by atoms with Crippen LogP contribution >= 0.6 is 39.5 Å². The molecule has 0 saturated heterocycles. The van der Waals surface area contributed by atoms with E-state index in [1.807, 2.05) is 0 Å². The molecule has 7 heteroatoms. The first-order chi connectivity index (χ1) is 7.49. The Balaban J connectivity index is 3.17. The van der Waals surface area contributed by atoms with E-state index in [-0.39, 0.29) is 4.90 Å². The van der Waals surface area contributed by atoms with Crippen LogP contribution in [0.1, 0.15) is 0 Å². The van der Waals surface area contributed by atoms with Crippen LogP contribution in [-0.4, -0.2) is 25.3 Å². The second-order valence-corrected chi connectivity index (χ2v) is 7.07. The number of rotatable bonds is 2. The summed E-state index contributed by atoms with van der Waals surface area (Å²) in [5.74, 6) is 0. The van der Waals surface area contributed by atoms with Gasteiger partial charge in [0.2, 0.25) is 0 Å². The molecule has 3 nitrogen and oxygen atoms in total. The van der Waals surface area contributed by atoms with E-state index in [9.17, 15) is 8.42 Å². The number of hydrogen-bond acceptors (Lipinski definition) is 4. The van der Waals surface area contributed by atoms with Crippen molar-refractivity contribution < 1.29 is 8.42 Å². The highest BCUT2D eigenvalue weighted by atomic mass is 79.9. The Hall–Kier alpha value is 0.0200. The SMILES string of the molecule is CSC(=NS(=O)(=O)c1cccc(Br)c1)SC. The summed E-state index contributed by atoms with van der Waals surface area (Å²) in [5, 5.41) is 0. The van der Waals surface area contributed by atoms with Crippen molar-refractivity contribution in [1.29, 1.82) is 0 Å². The maximum atomic E-state index is 11.9. The van der Waals surface area contributed by atoms with E-state index < -0.39 is 10.0 Å². The first kappa shape index (κ1) is 14.1. The number of halogens is 1. The molecule has 0 unspecified atom stereocenters. The topological polar surface area (TPSA) is 46.5 Å². The number of nitrogens with zero attached hydrogens (tertiary/aromatic N) is 1. The van der Waals surface area contributed by atoms with Crippen molar-refractivity contribution in [3.05, 3.63) is 28.7 Å². The van der Waals surface area contributed by atoms with E-state index in [1.54, 1.807) is 24.6 Å². The van der Waals surface area contributed by atoms with Gasteiger partial charge >= 0.3 is 0 Å². The molecule has 0 atom stereocenters. The number of hydrogen-bond donors (Lipinski definition) is 0. The number of benzene rings is 1. The number of thioether (sulfide) groups is 2. The molecule has 0 aliphatic rings. The van der Waals surface area contributed by atoms with Gasteiger partial charge in [-0.25, -0.2) is 0 Å². The molecule has 0 heterocycles. The predicted molar refractivity (Wildman–Crippen MR) is 75.8 cm³/mol. The molecule has 1 aromatic carbocycles. The molecule has 1 aromatic rings. The third-order valence-electron chi connectivity index (χ3n) is 1.64. The van der Waals surface area contributed by atoms with Gasteiger partial charge in [-0.05, 0) is 30.7 Å². The molecule has 0 aliphatic heterocycles. The highest BCUT2D eigenvalue weighted by Crippen LogP contribution is 2.21. The van der Waals surface area contributed by atoms with E-state index in [2.05, 4.69) is 20.3 Å². The van der Waals surface area contributed by atoms with Crippen LogP contribution in [0.25, 0.3) is 0 Å². The van der Waals surface area contributed by atoms with Gasteiger partial charge in [0, 0.05) is 4.47 Å². The van der Waals surface area contributed by atoms with Gasteiger partial charge in [-0.3, -0.25) is 0 Å². The molecule has 0 saturated carbocycles. The Labute approximate surface area is 112 Å². The largest absolute Gasteiger partial charge is 0.283 e. The molecule has 0 radical (unpaired) electrons. The van der Waals surface area contributed by atoms with Gasteiger partial charge in [-0.2, -0.15) is 8.42 Å². The zero-order valence-electron chi connectivity index (χ0n) is 8.68. The van der Waals surface area contributed by atoms with Gasteiger partial charge in [0.05, 0.1) is 4.90 Å². The van der Waals surface area contributed by atoms with Gasteiger partial charge in [-0.1, -0.05) is 22.0 Å². The molecule has 1 rings (SSSR count). The highest BCUT2D eigenvalue weighted by Gasteiger charge is 2.14. The minimum absolute atomic E-state index is 0.197. The van der Waals surface area contributed by atoms with Crippen molar-refractivity contribution in [2.75, 3.05) is 12.5 Å². The molecule has 0 fully saturated rings. The molecule has 0 spiro atoms. The first-order valence-electron chi connectivity index (χ1n) is 4.18. The lowest BCUT2D eigenvalue weighted by Crippen LogP contribution is -1.99. The predicted octanol–water partition coefficient (Wildman–Crippen LogP) is 3.22. The van der Waals surface area contributed by atoms with Gasteiger partial charge in [0.15, 0.2) is 0 Å². The smallest absolute Gasteiger partial charge is 0.199 e. The third-order valence-corrected chi connectivity index (χ3v) is 5.52. The van der Waals surface area contributed by atoms with Gasteiger partial charge < -0.3 is 0 Å². The molecule has 0 N–H and O–H groups in total. The normalized spacial score (nSPS) is 11.2. The molecule has 0 amide bonds. The number of sulfonamides is 1. The first-order valence-corrected chi connectivity index (χ1v) is 8.86. The van der Waals surface area contributed by atoms with E-state index in [0.29, 0.717) is 4.38 Å². The fourth-order valence-electron chi connectivity index (χ4n) is 0.936. The summed E-state index contributed by atoms with van der Waals surface area (Å²) in [6, 6.07) is 6.51. The zero-order valence-corrected chi connectivity index (χ0v) is 12.7. The van der Waals surface area contributed by atoms with Crippen LogP contribution in [0.5, 0.6) is 0 Å².